The van der Waals surface area contributed by atoms with Crippen molar-refractivity contribution in [2.45, 2.75) is 18.9 Å². The van der Waals surface area contributed by atoms with E-state index < -0.39 is 11.2 Å². The molecule has 2 aromatic rings. The molecule has 0 amide bonds. The van der Waals surface area contributed by atoms with Crippen molar-refractivity contribution in [3.63, 3.8) is 0 Å². The summed E-state index contributed by atoms with van der Waals surface area (Å²) >= 11 is 0. The highest BCUT2D eigenvalue weighted by Gasteiger charge is 2.25. The Labute approximate surface area is 163 Å². The molecule has 1 aliphatic rings. The lowest BCUT2D eigenvalue weighted by atomic mass is 10.1. The van der Waals surface area contributed by atoms with Crippen molar-refractivity contribution in [1.29, 1.82) is 5.26 Å². The quantitative estimate of drug-likeness (QED) is 0.806. The average molecular weight is 383 g/mol. The number of rotatable bonds is 6. The predicted molar refractivity (Wildman–Crippen MR) is 107 cm³/mol. The Balaban J connectivity index is 1.93. The molecule has 0 bridgehead atoms. The third-order valence-electron chi connectivity index (χ3n) is 5.32. The van der Waals surface area contributed by atoms with E-state index in [1.54, 1.807) is 14.2 Å². The van der Waals surface area contributed by atoms with E-state index in [9.17, 15) is 14.9 Å². The van der Waals surface area contributed by atoms with Gasteiger partial charge in [0.2, 0.25) is 0 Å². The van der Waals surface area contributed by atoms with Crippen molar-refractivity contribution in [2.75, 3.05) is 32.1 Å². The number of nitrogens with one attached hydrogen (secondary N) is 1. The van der Waals surface area contributed by atoms with Gasteiger partial charge in [-0.3, -0.25) is 18.8 Å². The molecule has 8 nitrogen and oxygen atoms in total. The Morgan fingerprint density at radius 2 is 1.79 bits per heavy atom. The third kappa shape index (κ3) is 3.66. The van der Waals surface area contributed by atoms with E-state index in [1.807, 2.05) is 30.3 Å². The van der Waals surface area contributed by atoms with Crippen molar-refractivity contribution >= 4 is 5.82 Å². The summed E-state index contributed by atoms with van der Waals surface area (Å²) in [5.41, 5.74) is 0.00554. The van der Waals surface area contributed by atoms with Crippen LogP contribution in [0.5, 0.6) is 5.75 Å². The Bertz CT molecular complexity index is 995. The summed E-state index contributed by atoms with van der Waals surface area (Å²) in [6.07, 6.45) is 2.28. The molecule has 3 rings (SSSR count). The molecule has 1 aromatic heterocycles. The standard InChI is InChI=1S/C20H25N5O3/c1-23-18(16(12-21)19(26)24(2)20(23)27)22-13-17(25-10-4-5-11-25)14-6-8-15(28-3)9-7-14/h6-9,17,22H,4-5,10-11,13H2,1-3H3. The second-order valence-electron chi connectivity index (χ2n) is 6.95. The summed E-state index contributed by atoms with van der Waals surface area (Å²) in [6, 6.07) is 9.89. The zero-order valence-corrected chi connectivity index (χ0v) is 16.4. The van der Waals surface area contributed by atoms with E-state index in [0.29, 0.717) is 6.54 Å². The molecule has 1 atom stereocenters. The molecule has 0 radical (unpaired) electrons. The molecule has 1 unspecified atom stereocenters. The normalized spacial score (nSPS) is 15.2. The molecule has 8 heteroatoms. The maximum absolute atomic E-state index is 12.3. The van der Waals surface area contributed by atoms with E-state index in [2.05, 4.69) is 10.2 Å². The maximum Gasteiger partial charge on any atom is 0.332 e. The van der Waals surface area contributed by atoms with Gasteiger partial charge in [0.15, 0.2) is 5.56 Å². The molecular weight excluding hydrogens is 358 g/mol. The van der Waals surface area contributed by atoms with Crippen molar-refractivity contribution in [3.05, 3.63) is 56.2 Å². The largest absolute Gasteiger partial charge is 0.497 e. The smallest absolute Gasteiger partial charge is 0.332 e. The van der Waals surface area contributed by atoms with Gasteiger partial charge < -0.3 is 10.1 Å². The van der Waals surface area contributed by atoms with Gasteiger partial charge in [-0.1, -0.05) is 12.1 Å². The summed E-state index contributed by atoms with van der Waals surface area (Å²) in [5, 5.41) is 12.6. The lowest BCUT2D eigenvalue weighted by molar-refractivity contribution is 0.255. The van der Waals surface area contributed by atoms with Crippen LogP contribution in [0.3, 0.4) is 0 Å². The van der Waals surface area contributed by atoms with Gasteiger partial charge in [0.1, 0.15) is 17.6 Å². The lowest BCUT2D eigenvalue weighted by Crippen LogP contribution is -2.40. The number of ether oxygens (including phenoxy) is 1. The fourth-order valence-corrected chi connectivity index (χ4v) is 3.68. The van der Waals surface area contributed by atoms with Crippen molar-refractivity contribution < 1.29 is 4.74 Å². The first kappa shape index (κ1) is 19.7. The van der Waals surface area contributed by atoms with Gasteiger partial charge >= 0.3 is 5.69 Å². The van der Waals surface area contributed by atoms with Crippen LogP contribution in [0.4, 0.5) is 5.82 Å². The van der Waals surface area contributed by atoms with Crippen LogP contribution >= 0.6 is 0 Å². The number of likely N-dealkylation sites (tertiary alicyclic amines) is 1. The fraction of sp³-hybridized carbons (Fsp3) is 0.450. The molecule has 2 heterocycles. The maximum atomic E-state index is 12.3. The van der Waals surface area contributed by atoms with Crippen LogP contribution in [-0.2, 0) is 14.1 Å². The Hall–Kier alpha value is -3.05. The lowest BCUT2D eigenvalue weighted by Gasteiger charge is -2.29. The van der Waals surface area contributed by atoms with E-state index in [-0.39, 0.29) is 17.4 Å². The molecule has 1 saturated heterocycles. The minimum atomic E-state index is -0.588. The minimum Gasteiger partial charge on any atom is -0.497 e. The Kier molecular flexibility index (Phi) is 5.85. The van der Waals surface area contributed by atoms with Gasteiger partial charge in [0.25, 0.3) is 5.56 Å². The first-order valence-corrected chi connectivity index (χ1v) is 9.30. The Morgan fingerprint density at radius 3 is 2.36 bits per heavy atom. The zero-order chi connectivity index (χ0) is 20.3. The number of benzene rings is 1. The molecule has 1 N–H and O–H groups in total. The van der Waals surface area contributed by atoms with Gasteiger partial charge in [-0.25, -0.2) is 4.79 Å². The summed E-state index contributed by atoms with van der Waals surface area (Å²) in [6.45, 7) is 2.44. The minimum absolute atomic E-state index is 0.0547. The second-order valence-corrected chi connectivity index (χ2v) is 6.95. The Morgan fingerprint density at radius 1 is 1.14 bits per heavy atom. The molecule has 0 saturated carbocycles. The van der Waals surface area contributed by atoms with E-state index in [0.717, 1.165) is 41.8 Å². The van der Waals surface area contributed by atoms with Gasteiger partial charge in [-0.2, -0.15) is 5.26 Å². The highest BCUT2D eigenvalue weighted by atomic mass is 16.5. The summed E-state index contributed by atoms with van der Waals surface area (Å²) in [4.78, 5) is 26.9. The van der Waals surface area contributed by atoms with Crippen LogP contribution in [0.1, 0.15) is 30.0 Å². The number of nitriles is 1. The monoisotopic (exact) mass is 383 g/mol. The van der Waals surface area contributed by atoms with Crippen LogP contribution < -0.4 is 21.3 Å². The summed E-state index contributed by atoms with van der Waals surface area (Å²) in [5.74, 6) is 1.05. The average Bonchev–Trinajstić information content (AvgIpc) is 3.25. The van der Waals surface area contributed by atoms with Crippen molar-refractivity contribution in [3.8, 4) is 11.8 Å². The molecule has 28 heavy (non-hydrogen) atoms. The highest BCUT2D eigenvalue weighted by molar-refractivity contribution is 5.51. The topological polar surface area (TPSA) is 92.3 Å². The van der Waals surface area contributed by atoms with Gasteiger partial charge in [0, 0.05) is 20.6 Å². The number of anilines is 1. The SMILES string of the molecule is COc1ccc(C(CNc2c(C#N)c(=O)n(C)c(=O)n2C)N2CCCC2)cc1. The molecular formula is C20H25N5O3. The van der Waals surface area contributed by atoms with E-state index >= 15 is 0 Å². The molecule has 148 valence electrons. The van der Waals surface area contributed by atoms with Crippen LogP contribution in [-0.4, -0.2) is 40.8 Å². The van der Waals surface area contributed by atoms with Crippen LogP contribution in [0.15, 0.2) is 33.9 Å². The summed E-state index contributed by atoms with van der Waals surface area (Å²) < 4.78 is 7.51. The summed E-state index contributed by atoms with van der Waals surface area (Å²) in [7, 11) is 4.57. The van der Waals surface area contributed by atoms with Crippen LogP contribution in [0, 0.1) is 11.3 Å². The predicted octanol–water partition coefficient (Wildman–Crippen LogP) is 1.21. The van der Waals surface area contributed by atoms with Crippen molar-refractivity contribution in [2.24, 2.45) is 14.1 Å². The number of hydrogen-bond donors (Lipinski definition) is 1. The number of nitrogens with zero attached hydrogens (tertiary/aromatic N) is 4. The first-order valence-electron chi connectivity index (χ1n) is 9.30. The van der Waals surface area contributed by atoms with Crippen molar-refractivity contribution in [1.82, 2.24) is 14.0 Å². The fourth-order valence-electron chi connectivity index (χ4n) is 3.68. The molecule has 1 fully saturated rings. The molecule has 0 aliphatic carbocycles. The first-order chi connectivity index (χ1) is 13.5. The van der Waals surface area contributed by atoms with Gasteiger partial charge in [-0.05, 0) is 43.6 Å². The third-order valence-corrected chi connectivity index (χ3v) is 5.32. The van der Waals surface area contributed by atoms with Crippen LogP contribution in [0.25, 0.3) is 0 Å². The molecule has 1 aliphatic heterocycles. The second kappa shape index (κ2) is 8.31. The highest BCUT2D eigenvalue weighted by Crippen LogP contribution is 2.27. The molecule has 0 spiro atoms. The van der Waals surface area contributed by atoms with Gasteiger partial charge in [-0.15, -0.1) is 0 Å². The van der Waals surface area contributed by atoms with E-state index in [1.165, 1.54) is 11.6 Å². The number of methoxy groups -OCH3 is 1. The number of aromatic nitrogens is 2. The van der Waals surface area contributed by atoms with Gasteiger partial charge in [0.05, 0.1) is 13.2 Å². The zero-order valence-electron chi connectivity index (χ0n) is 16.4. The number of hydrogen-bond acceptors (Lipinski definition) is 6. The molecule has 1 aromatic carbocycles. The van der Waals surface area contributed by atoms with E-state index in [4.69, 9.17) is 4.74 Å². The van der Waals surface area contributed by atoms with Crippen LogP contribution in [0.2, 0.25) is 0 Å².